The first kappa shape index (κ1) is 38.2. The Bertz CT molecular complexity index is 1490. The average molecular weight is 665 g/mol. The molecule has 260 valence electrons. The standard InChI is InChI=1S/C36H48N4O8/c1-46-33-21-23(12-16-32(33)48-36(45)29(40)10-3-5-18-38)11-14-30(42)27-8-6-7-25(34(27)43)19-24-13-15-31(26(20-24)22-41)47-35(44)28(39)9-2-4-17-37/h11-16,19-21,27-29,41H,2-10,17-18,22,37-40H2,1H3/b14-11+,25-19+. The molecule has 0 spiro atoms. The Labute approximate surface area is 281 Å². The third-order valence-electron chi connectivity index (χ3n) is 8.10. The molecule has 0 amide bonds. The van der Waals surface area contributed by atoms with E-state index in [0.29, 0.717) is 86.0 Å². The smallest absolute Gasteiger partial charge is 0.328 e. The van der Waals surface area contributed by atoms with Gasteiger partial charge in [0.1, 0.15) is 17.8 Å². The molecule has 12 heteroatoms. The molecule has 0 saturated heterocycles. The molecule has 1 aliphatic carbocycles. The van der Waals surface area contributed by atoms with E-state index in [1.54, 1.807) is 48.6 Å². The van der Waals surface area contributed by atoms with Gasteiger partial charge in [-0.2, -0.15) is 0 Å². The van der Waals surface area contributed by atoms with E-state index in [1.165, 1.54) is 13.2 Å². The Morgan fingerprint density at radius 1 is 0.875 bits per heavy atom. The van der Waals surface area contributed by atoms with E-state index in [-0.39, 0.29) is 23.1 Å². The fraction of sp³-hybridized carbons (Fsp3) is 0.444. The van der Waals surface area contributed by atoms with Crippen LogP contribution in [0, 0.1) is 5.92 Å². The number of aliphatic hydroxyl groups excluding tert-OH is 1. The van der Waals surface area contributed by atoms with Gasteiger partial charge in [0, 0.05) is 5.56 Å². The highest BCUT2D eigenvalue weighted by atomic mass is 16.6. The molecule has 2 aromatic rings. The van der Waals surface area contributed by atoms with Crippen molar-refractivity contribution in [2.45, 2.75) is 76.5 Å². The Hall–Kier alpha value is -4.20. The first-order valence-electron chi connectivity index (χ1n) is 16.3. The number of methoxy groups -OCH3 is 1. The highest BCUT2D eigenvalue weighted by Crippen LogP contribution is 2.31. The number of carbonyl (C=O) groups excluding carboxylic acids is 4. The van der Waals surface area contributed by atoms with E-state index in [0.717, 1.165) is 12.8 Å². The molecule has 12 nitrogen and oxygen atoms in total. The third kappa shape index (κ3) is 11.2. The molecule has 0 heterocycles. The maximum atomic E-state index is 13.4. The fourth-order valence-electron chi connectivity index (χ4n) is 5.29. The Balaban J connectivity index is 1.66. The van der Waals surface area contributed by atoms with Gasteiger partial charge in [0.2, 0.25) is 0 Å². The van der Waals surface area contributed by atoms with Crippen LogP contribution in [0.2, 0.25) is 0 Å². The first-order chi connectivity index (χ1) is 23.1. The number of aliphatic hydroxyl groups is 1. The molecule has 0 aliphatic heterocycles. The topological polar surface area (TPSA) is 220 Å². The maximum absolute atomic E-state index is 13.4. The van der Waals surface area contributed by atoms with Crippen LogP contribution in [0.25, 0.3) is 12.2 Å². The summed E-state index contributed by atoms with van der Waals surface area (Å²) in [7, 11) is 1.44. The van der Waals surface area contributed by atoms with Gasteiger partial charge in [0.25, 0.3) is 0 Å². The molecule has 1 saturated carbocycles. The number of hydrogen-bond donors (Lipinski definition) is 5. The normalized spacial score (nSPS) is 16.9. The van der Waals surface area contributed by atoms with Gasteiger partial charge in [-0.15, -0.1) is 0 Å². The molecular formula is C36H48N4O8. The van der Waals surface area contributed by atoms with Crippen molar-refractivity contribution in [1.29, 1.82) is 0 Å². The highest BCUT2D eigenvalue weighted by molar-refractivity contribution is 6.16. The number of ketones is 2. The number of Topliss-reactive ketones (excluding diaryl/α,β-unsaturated/α-hetero) is 1. The highest BCUT2D eigenvalue weighted by Gasteiger charge is 2.31. The third-order valence-corrected chi connectivity index (χ3v) is 8.10. The molecule has 1 fully saturated rings. The van der Waals surface area contributed by atoms with Gasteiger partial charge in [-0.3, -0.25) is 9.59 Å². The van der Waals surface area contributed by atoms with Gasteiger partial charge >= 0.3 is 11.9 Å². The Morgan fingerprint density at radius 2 is 1.48 bits per heavy atom. The van der Waals surface area contributed by atoms with Crippen LogP contribution in [0.3, 0.4) is 0 Å². The number of allylic oxidation sites excluding steroid dienone is 2. The SMILES string of the molecule is COc1cc(/C=C/C(=O)C2CCC/C(=C\c3ccc(OC(=O)C(N)CCCCN)c(CO)c3)C2=O)ccc1OC(=O)C(N)CCCCN. The second-order valence-electron chi connectivity index (χ2n) is 11.8. The zero-order valence-corrected chi connectivity index (χ0v) is 27.5. The van der Waals surface area contributed by atoms with Crippen molar-refractivity contribution >= 4 is 35.7 Å². The molecular weight excluding hydrogens is 616 g/mol. The number of ether oxygens (including phenoxy) is 3. The van der Waals surface area contributed by atoms with Crippen molar-refractivity contribution in [1.82, 2.24) is 0 Å². The summed E-state index contributed by atoms with van der Waals surface area (Å²) >= 11 is 0. The number of rotatable bonds is 18. The predicted octanol–water partition coefficient (Wildman–Crippen LogP) is 2.95. The molecule has 3 unspecified atom stereocenters. The average Bonchev–Trinajstić information content (AvgIpc) is 3.09. The van der Waals surface area contributed by atoms with Crippen LogP contribution >= 0.6 is 0 Å². The van der Waals surface area contributed by atoms with E-state index in [9.17, 15) is 24.3 Å². The molecule has 2 aromatic carbocycles. The number of benzene rings is 2. The lowest BCUT2D eigenvalue weighted by atomic mass is 9.81. The van der Waals surface area contributed by atoms with Crippen molar-refractivity contribution in [3.05, 3.63) is 64.7 Å². The molecule has 0 aromatic heterocycles. The summed E-state index contributed by atoms with van der Waals surface area (Å²) in [6.45, 7) is 0.647. The van der Waals surface area contributed by atoms with E-state index in [1.807, 2.05) is 0 Å². The first-order valence-corrected chi connectivity index (χ1v) is 16.3. The number of nitrogens with two attached hydrogens (primary N) is 4. The summed E-state index contributed by atoms with van der Waals surface area (Å²) in [5.41, 5.74) is 25.0. The van der Waals surface area contributed by atoms with Crippen LogP contribution in [-0.2, 0) is 25.8 Å². The van der Waals surface area contributed by atoms with Crippen molar-refractivity contribution in [2.75, 3.05) is 20.2 Å². The summed E-state index contributed by atoms with van der Waals surface area (Å²) in [6.07, 6.45) is 10.0. The summed E-state index contributed by atoms with van der Waals surface area (Å²) in [6, 6.07) is 8.13. The van der Waals surface area contributed by atoms with Crippen molar-refractivity contribution in [2.24, 2.45) is 28.9 Å². The van der Waals surface area contributed by atoms with Crippen molar-refractivity contribution in [3.63, 3.8) is 0 Å². The number of unbranched alkanes of at least 4 members (excludes halogenated alkanes) is 2. The fourth-order valence-corrected chi connectivity index (χ4v) is 5.29. The van der Waals surface area contributed by atoms with Gasteiger partial charge in [0.05, 0.1) is 19.6 Å². The number of carbonyl (C=O) groups is 4. The second-order valence-corrected chi connectivity index (χ2v) is 11.8. The molecule has 48 heavy (non-hydrogen) atoms. The van der Waals surface area contributed by atoms with E-state index in [4.69, 9.17) is 37.1 Å². The predicted molar refractivity (Wildman–Crippen MR) is 183 cm³/mol. The van der Waals surface area contributed by atoms with E-state index >= 15 is 0 Å². The van der Waals surface area contributed by atoms with Gasteiger partial charge in [-0.05, 0) is 111 Å². The summed E-state index contributed by atoms with van der Waals surface area (Å²) in [5, 5.41) is 9.92. The molecule has 0 bridgehead atoms. The van der Waals surface area contributed by atoms with Crippen LogP contribution in [0.1, 0.15) is 74.5 Å². The largest absolute Gasteiger partial charge is 0.493 e. The lowest BCUT2D eigenvalue weighted by molar-refractivity contribution is -0.137. The van der Waals surface area contributed by atoms with E-state index in [2.05, 4.69) is 0 Å². The lowest BCUT2D eigenvalue weighted by Crippen LogP contribution is -2.34. The monoisotopic (exact) mass is 664 g/mol. The maximum Gasteiger partial charge on any atom is 0.328 e. The van der Waals surface area contributed by atoms with Crippen molar-refractivity contribution < 1.29 is 38.5 Å². The van der Waals surface area contributed by atoms with Gasteiger partial charge in [-0.25, -0.2) is 9.59 Å². The minimum Gasteiger partial charge on any atom is -0.493 e. The molecule has 3 atom stereocenters. The molecule has 3 rings (SSSR count). The zero-order valence-electron chi connectivity index (χ0n) is 27.5. The lowest BCUT2D eigenvalue weighted by Gasteiger charge is -2.21. The van der Waals surface area contributed by atoms with Crippen LogP contribution in [-0.4, -0.2) is 60.9 Å². The van der Waals surface area contributed by atoms with Gasteiger partial charge in [-0.1, -0.05) is 31.1 Å². The Kier molecular flexibility index (Phi) is 15.6. The number of esters is 2. The van der Waals surface area contributed by atoms with E-state index < -0.39 is 36.5 Å². The zero-order chi connectivity index (χ0) is 35.1. The minimum absolute atomic E-state index is 0.191. The van der Waals surface area contributed by atoms with Crippen molar-refractivity contribution in [3.8, 4) is 17.2 Å². The van der Waals surface area contributed by atoms with Crippen LogP contribution in [0.15, 0.2) is 48.0 Å². The number of hydrogen-bond acceptors (Lipinski definition) is 12. The van der Waals surface area contributed by atoms with Crippen LogP contribution in [0.5, 0.6) is 17.2 Å². The molecule has 9 N–H and O–H groups in total. The van der Waals surface area contributed by atoms with Crippen LogP contribution < -0.4 is 37.1 Å². The van der Waals surface area contributed by atoms with Crippen LogP contribution in [0.4, 0.5) is 0 Å². The van der Waals surface area contributed by atoms with Gasteiger partial charge in [0.15, 0.2) is 23.1 Å². The quantitative estimate of drug-likeness (QED) is 0.0510. The van der Waals surface area contributed by atoms with Gasteiger partial charge < -0.3 is 42.3 Å². The Morgan fingerprint density at radius 3 is 2.08 bits per heavy atom. The molecule has 0 radical (unpaired) electrons. The minimum atomic E-state index is -0.831. The summed E-state index contributed by atoms with van der Waals surface area (Å²) < 4.78 is 16.3. The second kappa shape index (κ2) is 19.6. The summed E-state index contributed by atoms with van der Waals surface area (Å²) in [5.74, 6) is -1.91. The summed E-state index contributed by atoms with van der Waals surface area (Å²) in [4.78, 5) is 51.4. The molecule has 1 aliphatic rings.